The molecule has 0 spiro atoms. The average Bonchev–Trinajstić information content (AvgIpc) is 3.20. The fourth-order valence-electron chi connectivity index (χ4n) is 3.72. The Balaban J connectivity index is 1.48. The van der Waals surface area contributed by atoms with Crippen LogP contribution in [0.15, 0.2) is 60.7 Å². The number of nitrogens with two attached hydrogens (primary N) is 2. The van der Waals surface area contributed by atoms with Crippen molar-refractivity contribution >= 4 is 39.5 Å². The quantitative estimate of drug-likeness (QED) is 0.340. The monoisotopic (exact) mass is 423 g/mol. The third-order valence-corrected chi connectivity index (χ3v) is 5.44. The highest BCUT2D eigenvalue weighted by atomic mass is 16.1. The molecule has 0 radical (unpaired) electrons. The van der Waals surface area contributed by atoms with Crippen molar-refractivity contribution in [3.8, 4) is 11.1 Å². The van der Waals surface area contributed by atoms with E-state index in [2.05, 4.69) is 56.7 Å². The molecule has 32 heavy (non-hydrogen) atoms. The normalized spacial score (nSPS) is 11.2. The number of aromatic amines is 1. The number of anilines is 2. The van der Waals surface area contributed by atoms with Crippen molar-refractivity contribution in [2.75, 3.05) is 11.1 Å². The van der Waals surface area contributed by atoms with Crippen LogP contribution in [0.25, 0.3) is 33.1 Å². The number of nitrogen functional groups attached to an aromatic ring is 1. The van der Waals surface area contributed by atoms with Gasteiger partial charge in [-0.3, -0.25) is 4.79 Å². The number of H-pyrrole nitrogens is 1. The summed E-state index contributed by atoms with van der Waals surface area (Å²) in [4.78, 5) is 19.5. The van der Waals surface area contributed by atoms with E-state index in [9.17, 15) is 4.79 Å². The van der Waals surface area contributed by atoms with Crippen LogP contribution in [-0.2, 0) is 6.54 Å². The molecule has 0 unspecified atom stereocenters. The number of benzene rings is 3. The van der Waals surface area contributed by atoms with Crippen LogP contribution < -0.4 is 16.8 Å². The van der Waals surface area contributed by atoms with Crippen molar-refractivity contribution in [1.82, 2.24) is 20.2 Å². The first-order valence-corrected chi connectivity index (χ1v) is 10.1. The molecular formula is C24H21N7O. The standard InChI is InChI=1S/C24H21N7O/c1-13-5-7-14(8-6-13)12-27-24-28-18-10-9-15(11-19(18)29-24)16-3-2-4-17-20(25)22(23(26)32)31-30-21(16)17/h2-11H,12H2,1H3,(H2,25,30)(H2,26,32)(H2,27,28,29). The zero-order valence-electron chi connectivity index (χ0n) is 17.4. The first-order chi connectivity index (χ1) is 15.5. The number of aromatic nitrogens is 4. The van der Waals surface area contributed by atoms with Crippen molar-refractivity contribution in [1.29, 1.82) is 0 Å². The maximum absolute atomic E-state index is 11.6. The summed E-state index contributed by atoms with van der Waals surface area (Å²) >= 11 is 0. The van der Waals surface area contributed by atoms with Gasteiger partial charge in [0.25, 0.3) is 5.91 Å². The molecule has 0 atom stereocenters. The minimum Gasteiger partial charge on any atom is -0.396 e. The van der Waals surface area contributed by atoms with Crippen LogP contribution in [0.3, 0.4) is 0 Å². The zero-order chi connectivity index (χ0) is 22.2. The van der Waals surface area contributed by atoms with Crippen LogP contribution >= 0.6 is 0 Å². The summed E-state index contributed by atoms with van der Waals surface area (Å²) in [5, 5.41) is 12.1. The van der Waals surface area contributed by atoms with Crippen molar-refractivity contribution < 1.29 is 4.79 Å². The first kappa shape index (κ1) is 19.5. The van der Waals surface area contributed by atoms with Gasteiger partial charge in [0, 0.05) is 17.5 Å². The van der Waals surface area contributed by atoms with E-state index < -0.39 is 5.91 Å². The van der Waals surface area contributed by atoms with Gasteiger partial charge < -0.3 is 21.8 Å². The van der Waals surface area contributed by atoms with Gasteiger partial charge in [0.1, 0.15) is 5.52 Å². The van der Waals surface area contributed by atoms with E-state index in [1.165, 1.54) is 11.1 Å². The molecule has 0 saturated carbocycles. The number of nitrogens with one attached hydrogen (secondary N) is 2. The van der Waals surface area contributed by atoms with E-state index in [4.69, 9.17) is 11.5 Å². The Morgan fingerprint density at radius 3 is 2.66 bits per heavy atom. The van der Waals surface area contributed by atoms with Crippen molar-refractivity contribution in [3.63, 3.8) is 0 Å². The highest BCUT2D eigenvalue weighted by Crippen LogP contribution is 2.32. The van der Waals surface area contributed by atoms with Gasteiger partial charge in [-0.15, -0.1) is 10.2 Å². The van der Waals surface area contributed by atoms with Crippen molar-refractivity contribution in [3.05, 3.63) is 77.5 Å². The topological polar surface area (TPSA) is 136 Å². The van der Waals surface area contributed by atoms with Crippen LogP contribution in [0, 0.1) is 6.92 Å². The molecule has 0 aliphatic rings. The van der Waals surface area contributed by atoms with Crippen LogP contribution in [0.5, 0.6) is 0 Å². The van der Waals surface area contributed by atoms with Gasteiger partial charge in [0.15, 0.2) is 5.69 Å². The first-order valence-electron chi connectivity index (χ1n) is 10.1. The van der Waals surface area contributed by atoms with Gasteiger partial charge in [-0.1, -0.05) is 54.1 Å². The van der Waals surface area contributed by atoms with Crippen LogP contribution in [0.4, 0.5) is 11.6 Å². The fourth-order valence-corrected chi connectivity index (χ4v) is 3.72. The molecule has 5 aromatic rings. The maximum atomic E-state index is 11.6. The van der Waals surface area contributed by atoms with E-state index in [1.807, 2.05) is 30.3 Å². The summed E-state index contributed by atoms with van der Waals surface area (Å²) in [7, 11) is 0. The van der Waals surface area contributed by atoms with E-state index in [0.717, 1.165) is 22.2 Å². The minimum absolute atomic E-state index is 0.0250. The minimum atomic E-state index is -0.702. The number of carbonyl (C=O) groups excluding carboxylic acids is 1. The number of hydrogen-bond acceptors (Lipinski definition) is 6. The Labute approximate surface area is 183 Å². The molecule has 0 saturated heterocycles. The molecule has 2 aromatic heterocycles. The molecule has 8 heteroatoms. The van der Waals surface area contributed by atoms with Gasteiger partial charge in [0.05, 0.1) is 16.7 Å². The van der Waals surface area contributed by atoms with E-state index in [1.54, 1.807) is 6.07 Å². The fraction of sp³-hybridized carbons (Fsp3) is 0.0833. The maximum Gasteiger partial charge on any atom is 0.271 e. The number of fused-ring (bicyclic) bond motifs is 2. The summed E-state index contributed by atoms with van der Waals surface area (Å²) in [6.07, 6.45) is 0. The zero-order valence-corrected chi connectivity index (χ0v) is 17.4. The number of nitrogens with zero attached hydrogens (tertiary/aromatic N) is 3. The Hall–Kier alpha value is -4.46. The number of carbonyl (C=O) groups is 1. The third-order valence-electron chi connectivity index (χ3n) is 5.44. The molecule has 5 rings (SSSR count). The number of imidazole rings is 1. The Kier molecular flexibility index (Phi) is 4.67. The number of hydrogen-bond donors (Lipinski definition) is 4. The van der Waals surface area contributed by atoms with Gasteiger partial charge >= 0.3 is 0 Å². The number of amides is 1. The van der Waals surface area contributed by atoms with E-state index in [0.29, 0.717) is 23.4 Å². The second-order valence-electron chi connectivity index (χ2n) is 7.68. The lowest BCUT2D eigenvalue weighted by atomic mass is 10.0. The molecule has 6 N–H and O–H groups in total. The summed E-state index contributed by atoms with van der Waals surface area (Å²) in [6, 6.07) is 19.9. The molecule has 0 aliphatic heterocycles. The lowest BCUT2D eigenvalue weighted by Crippen LogP contribution is -2.16. The van der Waals surface area contributed by atoms with Crippen LogP contribution in [0.2, 0.25) is 0 Å². The average molecular weight is 423 g/mol. The van der Waals surface area contributed by atoms with Gasteiger partial charge in [0.2, 0.25) is 5.95 Å². The molecule has 0 aliphatic carbocycles. The second-order valence-corrected chi connectivity index (χ2v) is 7.68. The molecule has 8 nitrogen and oxygen atoms in total. The van der Waals surface area contributed by atoms with Gasteiger partial charge in [-0.05, 0) is 30.2 Å². The molecule has 0 fully saturated rings. The number of rotatable bonds is 5. The Bertz CT molecular complexity index is 1470. The predicted molar refractivity (Wildman–Crippen MR) is 126 cm³/mol. The third kappa shape index (κ3) is 3.47. The molecular weight excluding hydrogens is 402 g/mol. The Morgan fingerprint density at radius 2 is 1.88 bits per heavy atom. The lowest BCUT2D eigenvalue weighted by Gasteiger charge is -2.09. The van der Waals surface area contributed by atoms with E-state index >= 15 is 0 Å². The Morgan fingerprint density at radius 1 is 1.06 bits per heavy atom. The predicted octanol–water partition coefficient (Wildman–Crippen LogP) is 3.77. The smallest absolute Gasteiger partial charge is 0.271 e. The van der Waals surface area contributed by atoms with E-state index in [-0.39, 0.29) is 11.4 Å². The molecule has 158 valence electrons. The largest absolute Gasteiger partial charge is 0.396 e. The highest BCUT2D eigenvalue weighted by Gasteiger charge is 2.15. The lowest BCUT2D eigenvalue weighted by molar-refractivity contribution is 0.0996. The van der Waals surface area contributed by atoms with Gasteiger partial charge in [-0.2, -0.15) is 0 Å². The highest BCUT2D eigenvalue weighted by molar-refractivity contribution is 6.07. The van der Waals surface area contributed by atoms with Crippen LogP contribution in [-0.4, -0.2) is 26.1 Å². The molecule has 2 heterocycles. The molecule has 3 aromatic carbocycles. The van der Waals surface area contributed by atoms with Crippen molar-refractivity contribution in [2.45, 2.75) is 13.5 Å². The summed E-state index contributed by atoms with van der Waals surface area (Å²) in [5.41, 5.74) is 18.2. The SMILES string of the molecule is Cc1ccc(CNc2nc3ccc(-c4cccc5c(N)c(C(N)=O)nnc45)cc3[nH]2)cc1. The summed E-state index contributed by atoms with van der Waals surface area (Å²) in [6.45, 7) is 2.74. The van der Waals surface area contributed by atoms with Gasteiger partial charge in [-0.25, -0.2) is 4.98 Å². The molecule has 0 bridgehead atoms. The van der Waals surface area contributed by atoms with Crippen LogP contribution in [0.1, 0.15) is 21.6 Å². The summed E-state index contributed by atoms with van der Waals surface area (Å²) in [5.74, 6) is -0.00219. The number of aryl methyl sites for hydroxylation is 1. The molecule has 1 amide bonds. The second kappa shape index (κ2) is 7.66. The summed E-state index contributed by atoms with van der Waals surface area (Å²) < 4.78 is 0. The van der Waals surface area contributed by atoms with Crippen molar-refractivity contribution in [2.24, 2.45) is 5.73 Å². The number of primary amides is 1.